The molecule has 5 aromatic carbocycles. The van der Waals surface area contributed by atoms with Crippen molar-refractivity contribution >= 4 is 16.6 Å². The first-order valence-electron chi connectivity index (χ1n) is 14.8. The van der Waals surface area contributed by atoms with Crippen LogP contribution < -0.4 is 0 Å². The fourth-order valence-electron chi connectivity index (χ4n) is 7.67. The molecule has 7 aromatic rings. The van der Waals surface area contributed by atoms with Gasteiger partial charge in [-0.1, -0.05) is 91.5 Å². The van der Waals surface area contributed by atoms with Crippen LogP contribution in [0, 0.1) is 17.9 Å². The molecule has 45 heavy (non-hydrogen) atoms. The Bertz CT molecular complexity index is 2430. The largest absolute Gasteiger partial charge is 0.361 e. The molecule has 0 amide bonds. The average Bonchev–Trinajstić information content (AvgIpc) is 3.58. The van der Waals surface area contributed by atoms with Gasteiger partial charge in [-0.25, -0.2) is 4.98 Å². The first-order valence-corrected chi connectivity index (χ1v) is 14.8. The SMILES string of the molecule is [C-]#[N+]c1cc(-c2ccc3c4c(ccc3c2)-c2ccc(-c3ccnc(C#N)c3)cc2C42c3ccccc3-c3ccccc32)ccn1. The molecule has 4 nitrogen and oxygen atoms in total. The summed E-state index contributed by atoms with van der Waals surface area (Å²) in [6.07, 6.45) is 3.41. The predicted octanol–water partition coefficient (Wildman–Crippen LogP) is 9.73. The molecular formula is C41H22N4. The maximum absolute atomic E-state index is 9.56. The Labute approximate surface area is 260 Å². The van der Waals surface area contributed by atoms with E-state index in [1.54, 1.807) is 12.4 Å². The molecule has 1 spiro atoms. The minimum absolute atomic E-state index is 0.391. The van der Waals surface area contributed by atoms with Gasteiger partial charge in [0.05, 0.1) is 5.41 Å². The van der Waals surface area contributed by atoms with Gasteiger partial charge in [0.2, 0.25) is 0 Å². The summed E-state index contributed by atoms with van der Waals surface area (Å²) < 4.78 is 0. The Hall–Kier alpha value is -6.36. The van der Waals surface area contributed by atoms with Crippen LogP contribution >= 0.6 is 0 Å². The Morgan fingerprint density at radius 3 is 1.96 bits per heavy atom. The van der Waals surface area contributed by atoms with E-state index in [2.05, 4.69) is 118 Å². The molecule has 2 aliphatic carbocycles. The van der Waals surface area contributed by atoms with Crippen LogP contribution in [0.3, 0.4) is 0 Å². The van der Waals surface area contributed by atoms with Gasteiger partial charge in [-0.15, -0.1) is 4.98 Å². The third-order valence-corrected chi connectivity index (χ3v) is 9.46. The van der Waals surface area contributed by atoms with Crippen LogP contribution in [0.2, 0.25) is 0 Å². The second kappa shape index (κ2) is 9.32. The standard InChI is InChI=1S/C41H22N4/c1-43-39-23-28(17-19-45-39)25-10-13-31-29(20-25)12-15-35-34-14-11-26(27-16-18-44-30(21-27)24-42)22-38(34)41(40(31)35)36-8-4-2-6-32(36)33-7-3-5-9-37(33)41/h2-23H. The number of rotatable bonds is 2. The molecule has 0 fully saturated rings. The molecule has 0 saturated carbocycles. The van der Waals surface area contributed by atoms with Crippen molar-refractivity contribution < 1.29 is 0 Å². The van der Waals surface area contributed by atoms with Gasteiger partial charge < -0.3 is 4.85 Å². The normalized spacial score (nSPS) is 13.0. The van der Waals surface area contributed by atoms with Crippen LogP contribution in [0.15, 0.2) is 134 Å². The van der Waals surface area contributed by atoms with Crippen LogP contribution in [0.1, 0.15) is 27.9 Å². The number of fused-ring (bicyclic) bond motifs is 12. The highest BCUT2D eigenvalue weighted by atomic mass is 14.8. The van der Waals surface area contributed by atoms with E-state index in [0.717, 1.165) is 27.6 Å². The van der Waals surface area contributed by atoms with Gasteiger partial charge in [-0.3, -0.25) is 0 Å². The minimum atomic E-state index is -0.520. The number of hydrogen-bond acceptors (Lipinski definition) is 3. The lowest BCUT2D eigenvalue weighted by Crippen LogP contribution is -2.26. The van der Waals surface area contributed by atoms with Gasteiger partial charge in [0.25, 0.3) is 5.82 Å². The van der Waals surface area contributed by atoms with E-state index in [0.29, 0.717) is 11.5 Å². The number of hydrogen-bond donors (Lipinski definition) is 0. The van der Waals surface area contributed by atoms with Gasteiger partial charge in [0.1, 0.15) is 18.0 Å². The van der Waals surface area contributed by atoms with E-state index in [1.807, 2.05) is 24.3 Å². The molecule has 0 bridgehead atoms. The quantitative estimate of drug-likeness (QED) is 0.194. The zero-order chi connectivity index (χ0) is 30.1. The van der Waals surface area contributed by atoms with E-state index in [4.69, 9.17) is 6.57 Å². The molecule has 0 unspecified atom stereocenters. The monoisotopic (exact) mass is 570 g/mol. The second-order valence-electron chi connectivity index (χ2n) is 11.6. The summed E-state index contributed by atoms with van der Waals surface area (Å²) >= 11 is 0. The van der Waals surface area contributed by atoms with Crippen molar-refractivity contribution in [3.8, 4) is 50.6 Å². The van der Waals surface area contributed by atoms with Crippen LogP contribution in [-0.2, 0) is 5.41 Å². The Balaban J connectivity index is 1.37. The highest BCUT2D eigenvalue weighted by Crippen LogP contribution is 2.64. The molecule has 0 radical (unpaired) electrons. The van der Waals surface area contributed by atoms with Gasteiger partial charge >= 0.3 is 0 Å². The van der Waals surface area contributed by atoms with Crippen molar-refractivity contribution in [2.75, 3.05) is 0 Å². The smallest absolute Gasteiger partial charge is 0.270 e. The molecule has 0 N–H and O–H groups in total. The summed E-state index contributed by atoms with van der Waals surface area (Å²) in [5.74, 6) is 0.391. The third-order valence-electron chi connectivity index (χ3n) is 9.46. The number of benzene rings is 5. The summed E-state index contributed by atoms with van der Waals surface area (Å²) in [4.78, 5) is 11.9. The maximum atomic E-state index is 9.56. The topological polar surface area (TPSA) is 53.9 Å². The van der Waals surface area contributed by atoms with E-state index in [-0.39, 0.29) is 0 Å². The number of pyridine rings is 2. The Morgan fingerprint density at radius 2 is 1.20 bits per heavy atom. The Kier molecular flexibility index (Phi) is 5.21. The Morgan fingerprint density at radius 1 is 0.578 bits per heavy atom. The molecule has 9 rings (SSSR count). The average molecular weight is 571 g/mol. The zero-order valence-corrected chi connectivity index (χ0v) is 24.0. The first kappa shape index (κ1) is 25.2. The van der Waals surface area contributed by atoms with Crippen molar-refractivity contribution in [1.82, 2.24) is 9.97 Å². The van der Waals surface area contributed by atoms with Gasteiger partial charge in [-0.2, -0.15) is 5.26 Å². The fraction of sp³-hybridized carbons (Fsp3) is 0.0244. The summed E-state index contributed by atoms with van der Waals surface area (Å²) in [6, 6.07) is 45.3. The van der Waals surface area contributed by atoms with Crippen LogP contribution in [0.5, 0.6) is 0 Å². The summed E-state index contributed by atoms with van der Waals surface area (Å²) in [7, 11) is 0. The predicted molar refractivity (Wildman–Crippen MR) is 178 cm³/mol. The fourth-order valence-corrected chi connectivity index (χ4v) is 7.67. The van der Waals surface area contributed by atoms with Crippen LogP contribution in [-0.4, -0.2) is 9.97 Å². The minimum Gasteiger partial charge on any atom is -0.361 e. The highest BCUT2D eigenvalue weighted by Gasteiger charge is 2.52. The second-order valence-corrected chi connectivity index (χ2v) is 11.6. The summed E-state index contributed by atoms with van der Waals surface area (Å²) in [5, 5.41) is 11.9. The van der Waals surface area contributed by atoms with Gasteiger partial charge in [-0.05, 0) is 114 Å². The van der Waals surface area contributed by atoms with E-state index in [1.165, 1.54) is 49.9 Å². The highest BCUT2D eigenvalue weighted by molar-refractivity contribution is 6.05. The number of aromatic nitrogens is 2. The summed E-state index contributed by atoms with van der Waals surface area (Å²) in [6.45, 7) is 7.43. The molecule has 0 atom stereocenters. The molecular weight excluding hydrogens is 548 g/mol. The lowest BCUT2D eigenvalue weighted by molar-refractivity contribution is 0.801. The lowest BCUT2D eigenvalue weighted by Gasteiger charge is -2.31. The van der Waals surface area contributed by atoms with Gasteiger partial charge in [0.15, 0.2) is 0 Å². The van der Waals surface area contributed by atoms with E-state index < -0.39 is 5.41 Å². The van der Waals surface area contributed by atoms with E-state index in [9.17, 15) is 5.26 Å². The third kappa shape index (κ3) is 3.40. The van der Waals surface area contributed by atoms with Crippen molar-refractivity contribution in [1.29, 1.82) is 5.26 Å². The van der Waals surface area contributed by atoms with Crippen molar-refractivity contribution in [2.45, 2.75) is 5.41 Å². The molecule has 206 valence electrons. The molecule has 2 heterocycles. The number of nitriles is 1. The molecule has 0 saturated heterocycles. The van der Waals surface area contributed by atoms with Crippen molar-refractivity contribution in [3.63, 3.8) is 0 Å². The van der Waals surface area contributed by atoms with Crippen LogP contribution in [0.4, 0.5) is 5.82 Å². The molecule has 4 heteroatoms. The zero-order valence-electron chi connectivity index (χ0n) is 24.0. The van der Waals surface area contributed by atoms with Crippen molar-refractivity contribution in [2.24, 2.45) is 0 Å². The lowest BCUT2D eigenvalue weighted by atomic mass is 9.69. The molecule has 2 aliphatic rings. The van der Waals surface area contributed by atoms with Crippen LogP contribution in [0.25, 0.3) is 60.1 Å². The molecule has 0 aliphatic heterocycles. The first-order chi connectivity index (χ1) is 22.2. The van der Waals surface area contributed by atoms with E-state index >= 15 is 0 Å². The maximum Gasteiger partial charge on any atom is 0.270 e. The molecule has 2 aromatic heterocycles. The van der Waals surface area contributed by atoms with Gasteiger partial charge in [0, 0.05) is 6.20 Å². The van der Waals surface area contributed by atoms with Crippen molar-refractivity contribution in [3.05, 3.63) is 173 Å². The number of nitrogens with zero attached hydrogens (tertiary/aromatic N) is 4. The summed E-state index contributed by atoms with van der Waals surface area (Å²) in [5.41, 5.74) is 14.0.